The molecule has 0 aliphatic rings. The number of pyridine rings is 1. The fourth-order valence-corrected chi connectivity index (χ4v) is 1.00. The van der Waals surface area contributed by atoms with Crippen molar-refractivity contribution in [1.82, 2.24) is 4.98 Å². The molecule has 0 fully saturated rings. The summed E-state index contributed by atoms with van der Waals surface area (Å²) in [5, 5.41) is -0.356. The average molecular weight is 224 g/mol. The fourth-order valence-electron chi connectivity index (χ4n) is 0.805. The summed E-state index contributed by atoms with van der Waals surface area (Å²) in [6.07, 6.45) is 0.382. The first-order valence-electron chi connectivity index (χ1n) is 3.57. The molecule has 0 saturated heterocycles. The maximum absolute atomic E-state index is 12.7. The largest absolute Gasteiger partial charge is 0.317 e. The number of carbonyl (C=O) groups excluding carboxylic acids is 1. The summed E-state index contributed by atoms with van der Waals surface area (Å²) in [6.45, 7) is -1.85. The molecule has 0 saturated carbocycles. The first kappa shape index (κ1) is 11.0. The van der Waals surface area contributed by atoms with Gasteiger partial charge in [0.25, 0.3) is 0 Å². The van der Waals surface area contributed by atoms with Crippen LogP contribution in [0.2, 0.25) is 5.15 Å². The van der Waals surface area contributed by atoms with Gasteiger partial charge in [0.15, 0.2) is 13.0 Å². The van der Waals surface area contributed by atoms with Crippen LogP contribution in [0.15, 0.2) is 12.1 Å². The Bertz CT molecular complexity index is 356. The van der Waals surface area contributed by atoms with Crippen LogP contribution >= 0.6 is 11.6 Å². The summed E-state index contributed by atoms with van der Waals surface area (Å²) in [4.78, 5) is 13.5. The molecule has 0 spiro atoms. The second-order valence-electron chi connectivity index (χ2n) is 2.53. The number of carbonyl (C=O) groups is 1. The van der Waals surface area contributed by atoms with Gasteiger partial charge in [0, 0.05) is 0 Å². The van der Waals surface area contributed by atoms with Crippen molar-refractivity contribution in [2.75, 3.05) is 6.67 Å². The van der Waals surface area contributed by atoms with Gasteiger partial charge in [-0.1, -0.05) is 11.6 Å². The second kappa shape index (κ2) is 3.96. The van der Waals surface area contributed by atoms with Crippen molar-refractivity contribution >= 4 is 17.9 Å². The van der Waals surface area contributed by atoms with Gasteiger partial charge in [-0.15, -0.1) is 0 Å². The summed E-state index contributed by atoms with van der Waals surface area (Å²) >= 11 is 5.39. The zero-order valence-electron chi connectivity index (χ0n) is 6.81. The van der Waals surface area contributed by atoms with E-state index in [9.17, 15) is 18.0 Å². The van der Waals surface area contributed by atoms with Crippen LogP contribution in [0.5, 0.6) is 0 Å². The Hall–Kier alpha value is -1.10. The van der Waals surface area contributed by atoms with Gasteiger partial charge in [0.05, 0.1) is 5.56 Å². The van der Waals surface area contributed by atoms with Crippen LogP contribution in [0.3, 0.4) is 0 Å². The molecule has 0 aliphatic carbocycles. The molecule has 1 aromatic rings. The molecule has 0 unspecified atom stereocenters. The number of halogens is 4. The van der Waals surface area contributed by atoms with E-state index in [1.165, 1.54) is 0 Å². The van der Waals surface area contributed by atoms with Crippen LogP contribution in [0.4, 0.5) is 13.2 Å². The van der Waals surface area contributed by atoms with E-state index in [0.29, 0.717) is 6.29 Å². The minimum Gasteiger partial charge on any atom is -0.298 e. The van der Waals surface area contributed by atoms with Crippen molar-refractivity contribution in [2.45, 2.75) is 5.92 Å². The van der Waals surface area contributed by atoms with Crippen LogP contribution in [-0.2, 0) is 5.92 Å². The molecule has 0 aliphatic heterocycles. The molecule has 1 rings (SSSR count). The van der Waals surface area contributed by atoms with Crippen molar-refractivity contribution in [3.8, 4) is 0 Å². The molecule has 0 N–H and O–H groups in total. The number of rotatable bonds is 3. The maximum Gasteiger partial charge on any atom is 0.317 e. The first-order chi connectivity index (χ1) is 6.51. The Morgan fingerprint density at radius 3 is 2.57 bits per heavy atom. The van der Waals surface area contributed by atoms with Gasteiger partial charge in [-0.25, -0.2) is 9.37 Å². The lowest BCUT2D eigenvalue weighted by molar-refractivity contribution is -0.0321. The molecule has 1 heterocycles. The third-order valence-electron chi connectivity index (χ3n) is 1.55. The van der Waals surface area contributed by atoms with Crippen molar-refractivity contribution in [1.29, 1.82) is 0 Å². The van der Waals surface area contributed by atoms with Crippen molar-refractivity contribution in [3.63, 3.8) is 0 Å². The van der Waals surface area contributed by atoms with Crippen LogP contribution in [0, 0.1) is 0 Å². The highest BCUT2D eigenvalue weighted by Gasteiger charge is 2.33. The number of aldehydes is 1. The lowest BCUT2D eigenvalue weighted by Crippen LogP contribution is -2.18. The van der Waals surface area contributed by atoms with Gasteiger partial charge in [0.2, 0.25) is 0 Å². The zero-order chi connectivity index (χ0) is 10.8. The van der Waals surface area contributed by atoms with Gasteiger partial charge in [0.1, 0.15) is 10.8 Å². The highest BCUT2D eigenvalue weighted by molar-refractivity contribution is 6.31. The Balaban J connectivity index is 3.14. The molecule has 0 aromatic carbocycles. The molecule has 0 atom stereocenters. The number of hydrogen-bond donors (Lipinski definition) is 0. The molecule has 1 aromatic heterocycles. The van der Waals surface area contributed by atoms with E-state index in [1.807, 2.05) is 0 Å². The predicted molar refractivity (Wildman–Crippen MR) is 44.5 cm³/mol. The van der Waals surface area contributed by atoms with Gasteiger partial charge >= 0.3 is 5.92 Å². The van der Waals surface area contributed by atoms with Crippen LogP contribution < -0.4 is 0 Å². The van der Waals surface area contributed by atoms with Crippen LogP contribution in [0.1, 0.15) is 16.1 Å². The quantitative estimate of drug-likeness (QED) is 0.582. The third-order valence-corrected chi connectivity index (χ3v) is 1.85. The third kappa shape index (κ3) is 2.04. The van der Waals surface area contributed by atoms with Crippen molar-refractivity contribution in [3.05, 3.63) is 28.5 Å². The molecule has 14 heavy (non-hydrogen) atoms. The lowest BCUT2D eigenvalue weighted by Gasteiger charge is -2.11. The maximum atomic E-state index is 12.7. The smallest absolute Gasteiger partial charge is 0.298 e. The van der Waals surface area contributed by atoms with E-state index in [0.717, 1.165) is 12.1 Å². The van der Waals surface area contributed by atoms with E-state index in [4.69, 9.17) is 11.6 Å². The average Bonchev–Trinajstić information content (AvgIpc) is 2.17. The van der Waals surface area contributed by atoms with E-state index in [-0.39, 0.29) is 10.7 Å². The van der Waals surface area contributed by atoms with Crippen LogP contribution in [0.25, 0.3) is 0 Å². The van der Waals surface area contributed by atoms with E-state index < -0.39 is 18.3 Å². The van der Waals surface area contributed by atoms with Gasteiger partial charge in [-0.05, 0) is 12.1 Å². The number of aromatic nitrogens is 1. The molecular weight excluding hydrogens is 219 g/mol. The molecular formula is C8H5ClF3NO. The Kier molecular flexibility index (Phi) is 3.10. The molecule has 0 amide bonds. The lowest BCUT2D eigenvalue weighted by atomic mass is 10.2. The van der Waals surface area contributed by atoms with Gasteiger partial charge in [-0.2, -0.15) is 8.78 Å². The number of hydrogen-bond acceptors (Lipinski definition) is 2. The SMILES string of the molecule is O=Cc1ccc(C(F)(F)CF)nc1Cl. The summed E-state index contributed by atoms with van der Waals surface area (Å²) in [5.74, 6) is -3.66. The standard InChI is InChI=1S/C8H5ClF3NO/c9-7-5(3-14)1-2-6(13-7)8(11,12)4-10/h1-3H,4H2. The molecule has 0 radical (unpaired) electrons. The Labute approximate surface area is 82.7 Å². The van der Waals surface area contributed by atoms with Gasteiger partial charge in [-0.3, -0.25) is 4.79 Å². The summed E-state index contributed by atoms with van der Waals surface area (Å²) in [6, 6.07) is 1.94. The van der Waals surface area contributed by atoms with Crippen molar-refractivity contribution in [2.24, 2.45) is 0 Å². The highest BCUT2D eigenvalue weighted by atomic mass is 35.5. The van der Waals surface area contributed by atoms with Gasteiger partial charge < -0.3 is 0 Å². The topological polar surface area (TPSA) is 30.0 Å². The minimum absolute atomic E-state index is 0.00919. The fraction of sp³-hybridized carbons (Fsp3) is 0.250. The van der Waals surface area contributed by atoms with E-state index >= 15 is 0 Å². The second-order valence-corrected chi connectivity index (χ2v) is 2.89. The van der Waals surface area contributed by atoms with E-state index in [1.54, 1.807) is 0 Å². The number of alkyl halides is 3. The van der Waals surface area contributed by atoms with E-state index in [2.05, 4.69) is 4.98 Å². The summed E-state index contributed by atoms with van der Waals surface area (Å²) in [7, 11) is 0. The molecule has 76 valence electrons. The highest BCUT2D eigenvalue weighted by Crippen LogP contribution is 2.28. The predicted octanol–water partition coefficient (Wildman–Crippen LogP) is 2.61. The first-order valence-corrected chi connectivity index (χ1v) is 3.95. The Morgan fingerprint density at radius 2 is 2.14 bits per heavy atom. The molecule has 0 bridgehead atoms. The molecule has 2 nitrogen and oxygen atoms in total. The minimum atomic E-state index is -3.66. The monoisotopic (exact) mass is 223 g/mol. The molecule has 6 heteroatoms. The summed E-state index contributed by atoms with van der Waals surface area (Å²) < 4.78 is 37.3. The van der Waals surface area contributed by atoms with Crippen LogP contribution in [-0.4, -0.2) is 17.9 Å². The van der Waals surface area contributed by atoms with Crippen molar-refractivity contribution < 1.29 is 18.0 Å². The zero-order valence-corrected chi connectivity index (χ0v) is 7.56. The Morgan fingerprint density at radius 1 is 1.50 bits per heavy atom. The normalized spacial score (nSPS) is 11.4. The number of nitrogens with zero attached hydrogens (tertiary/aromatic N) is 1. The summed E-state index contributed by atoms with van der Waals surface area (Å²) in [5.41, 5.74) is -0.791.